The van der Waals surface area contributed by atoms with E-state index in [0.717, 1.165) is 35.7 Å². The molecule has 0 unspecified atom stereocenters. The van der Waals surface area contributed by atoms with E-state index >= 15 is 0 Å². The zero-order valence-corrected chi connectivity index (χ0v) is 19.5. The van der Waals surface area contributed by atoms with Crippen LogP contribution in [0.25, 0.3) is 0 Å². The molecule has 0 aliphatic carbocycles. The summed E-state index contributed by atoms with van der Waals surface area (Å²) < 4.78 is 46.9. The van der Waals surface area contributed by atoms with Gasteiger partial charge in [-0.2, -0.15) is 8.42 Å². The topological polar surface area (TPSA) is 74.3 Å². The Morgan fingerprint density at radius 3 is 2.36 bits per heavy atom. The SMILES string of the molecule is COc1ccc(CN2CCO[C@H](c3ccc(OS(=O)(=O)c4ccccc4)cc3)C2)c(OC)c1. The van der Waals surface area contributed by atoms with E-state index in [1.807, 2.05) is 30.3 Å². The summed E-state index contributed by atoms with van der Waals surface area (Å²) in [5.41, 5.74) is 2.04. The Morgan fingerprint density at radius 1 is 0.939 bits per heavy atom. The molecule has 33 heavy (non-hydrogen) atoms. The smallest absolute Gasteiger partial charge is 0.339 e. The van der Waals surface area contributed by atoms with Gasteiger partial charge in [0.25, 0.3) is 0 Å². The van der Waals surface area contributed by atoms with Crippen LogP contribution >= 0.6 is 0 Å². The second-order valence-corrected chi connectivity index (χ2v) is 9.24. The number of ether oxygens (including phenoxy) is 3. The molecule has 0 saturated carbocycles. The number of morpholine rings is 1. The van der Waals surface area contributed by atoms with Crippen LogP contribution in [0.15, 0.2) is 77.7 Å². The molecule has 0 radical (unpaired) electrons. The number of hydrogen-bond donors (Lipinski definition) is 0. The highest BCUT2D eigenvalue weighted by molar-refractivity contribution is 7.87. The Labute approximate surface area is 194 Å². The fourth-order valence-corrected chi connectivity index (χ4v) is 4.72. The van der Waals surface area contributed by atoms with Gasteiger partial charge in [0.1, 0.15) is 22.1 Å². The number of nitrogens with zero attached hydrogens (tertiary/aromatic N) is 1. The molecule has 1 aliphatic heterocycles. The summed E-state index contributed by atoms with van der Waals surface area (Å²) in [5, 5.41) is 0. The van der Waals surface area contributed by atoms with Crippen LogP contribution in [0.2, 0.25) is 0 Å². The van der Waals surface area contributed by atoms with Gasteiger partial charge in [-0.1, -0.05) is 36.4 Å². The third kappa shape index (κ3) is 5.65. The van der Waals surface area contributed by atoms with Gasteiger partial charge in [0.2, 0.25) is 0 Å². The maximum Gasteiger partial charge on any atom is 0.339 e. The summed E-state index contributed by atoms with van der Waals surface area (Å²) in [5.74, 6) is 1.81. The van der Waals surface area contributed by atoms with Crippen LogP contribution < -0.4 is 13.7 Å². The van der Waals surface area contributed by atoms with Crippen molar-refractivity contribution in [2.75, 3.05) is 33.9 Å². The monoisotopic (exact) mass is 469 g/mol. The fourth-order valence-electron chi connectivity index (χ4n) is 3.77. The lowest BCUT2D eigenvalue weighted by molar-refractivity contribution is -0.0331. The van der Waals surface area contributed by atoms with E-state index in [-0.39, 0.29) is 16.7 Å². The molecule has 1 aliphatic rings. The number of methoxy groups -OCH3 is 2. The molecule has 3 aromatic rings. The van der Waals surface area contributed by atoms with Gasteiger partial charge in [0.15, 0.2) is 0 Å². The average molecular weight is 470 g/mol. The molecule has 4 rings (SSSR count). The molecule has 7 nitrogen and oxygen atoms in total. The van der Waals surface area contributed by atoms with Crippen molar-refractivity contribution in [2.45, 2.75) is 17.5 Å². The zero-order chi connectivity index (χ0) is 23.3. The van der Waals surface area contributed by atoms with E-state index in [4.69, 9.17) is 18.4 Å². The van der Waals surface area contributed by atoms with Crippen LogP contribution in [0.3, 0.4) is 0 Å². The van der Waals surface area contributed by atoms with Crippen molar-refractivity contribution in [2.24, 2.45) is 0 Å². The van der Waals surface area contributed by atoms with Crippen molar-refractivity contribution in [1.82, 2.24) is 4.90 Å². The van der Waals surface area contributed by atoms with Gasteiger partial charge in [-0.05, 0) is 35.9 Å². The first kappa shape index (κ1) is 23.1. The van der Waals surface area contributed by atoms with Crippen molar-refractivity contribution >= 4 is 10.1 Å². The molecule has 0 aromatic heterocycles. The molecular weight excluding hydrogens is 442 g/mol. The largest absolute Gasteiger partial charge is 0.497 e. The molecule has 3 aromatic carbocycles. The van der Waals surface area contributed by atoms with Crippen molar-refractivity contribution < 1.29 is 26.8 Å². The summed E-state index contributed by atoms with van der Waals surface area (Å²) in [4.78, 5) is 2.43. The van der Waals surface area contributed by atoms with E-state index < -0.39 is 10.1 Å². The molecule has 174 valence electrons. The van der Waals surface area contributed by atoms with Gasteiger partial charge >= 0.3 is 10.1 Å². The van der Waals surface area contributed by atoms with Crippen LogP contribution in [-0.2, 0) is 21.4 Å². The summed E-state index contributed by atoms with van der Waals surface area (Å²) in [6, 6.07) is 20.9. The van der Waals surface area contributed by atoms with Crippen LogP contribution in [0.4, 0.5) is 0 Å². The standard InChI is InChI=1S/C25H27NO6S/c1-29-22-13-10-20(24(16-22)30-2)17-26-14-15-31-25(18-26)19-8-11-21(12-9-19)32-33(27,28)23-6-4-3-5-7-23/h3-13,16,25H,14-15,17-18H2,1-2H3/t25-/m0/s1. The molecule has 0 amide bonds. The van der Waals surface area contributed by atoms with Crippen molar-refractivity contribution in [3.05, 3.63) is 83.9 Å². The first-order valence-corrected chi connectivity index (χ1v) is 12.0. The highest BCUT2D eigenvalue weighted by Gasteiger charge is 2.23. The molecule has 0 spiro atoms. The summed E-state index contributed by atoms with van der Waals surface area (Å²) in [7, 11) is -0.578. The Balaban J connectivity index is 1.41. The molecule has 0 bridgehead atoms. The lowest BCUT2D eigenvalue weighted by Crippen LogP contribution is -2.37. The van der Waals surface area contributed by atoms with E-state index in [1.165, 1.54) is 12.1 Å². The van der Waals surface area contributed by atoms with Crippen molar-refractivity contribution in [3.8, 4) is 17.2 Å². The van der Waals surface area contributed by atoms with Gasteiger partial charge in [-0.15, -0.1) is 0 Å². The molecule has 0 N–H and O–H groups in total. The van der Waals surface area contributed by atoms with Gasteiger partial charge < -0.3 is 18.4 Å². The fraction of sp³-hybridized carbons (Fsp3) is 0.280. The lowest BCUT2D eigenvalue weighted by atomic mass is 10.1. The Hall–Kier alpha value is -3.07. The first-order valence-electron chi connectivity index (χ1n) is 10.6. The Bertz CT molecular complexity index is 1170. The quantitative estimate of drug-likeness (QED) is 0.461. The van der Waals surface area contributed by atoms with Crippen molar-refractivity contribution in [1.29, 1.82) is 0 Å². The van der Waals surface area contributed by atoms with E-state index in [2.05, 4.69) is 4.90 Å². The van der Waals surface area contributed by atoms with E-state index in [9.17, 15) is 8.42 Å². The van der Waals surface area contributed by atoms with Crippen LogP contribution in [0.5, 0.6) is 17.2 Å². The minimum atomic E-state index is -3.87. The summed E-state index contributed by atoms with van der Waals surface area (Å²) in [6.45, 7) is 2.84. The molecule has 1 fully saturated rings. The molecule has 1 heterocycles. The van der Waals surface area contributed by atoms with E-state index in [1.54, 1.807) is 44.6 Å². The first-order chi connectivity index (χ1) is 16.0. The van der Waals surface area contributed by atoms with E-state index in [0.29, 0.717) is 13.2 Å². The number of benzene rings is 3. The minimum Gasteiger partial charge on any atom is -0.497 e. The minimum absolute atomic E-state index is 0.120. The zero-order valence-electron chi connectivity index (χ0n) is 18.6. The summed E-state index contributed by atoms with van der Waals surface area (Å²) in [6.07, 6.45) is -0.122. The van der Waals surface area contributed by atoms with Gasteiger partial charge in [0, 0.05) is 31.3 Å². The maximum absolute atomic E-state index is 12.4. The van der Waals surface area contributed by atoms with Gasteiger partial charge in [-0.25, -0.2) is 0 Å². The second-order valence-electron chi connectivity index (χ2n) is 7.69. The van der Waals surface area contributed by atoms with Crippen LogP contribution in [0.1, 0.15) is 17.2 Å². The third-order valence-corrected chi connectivity index (χ3v) is 6.79. The molecule has 8 heteroatoms. The normalized spacial score (nSPS) is 16.8. The number of hydrogen-bond acceptors (Lipinski definition) is 7. The average Bonchev–Trinajstić information content (AvgIpc) is 2.85. The predicted molar refractivity (Wildman–Crippen MR) is 124 cm³/mol. The number of rotatable bonds is 8. The van der Waals surface area contributed by atoms with Gasteiger partial charge in [0.05, 0.1) is 26.9 Å². The van der Waals surface area contributed by atoms with Crippen LogP contribution in [-0.4, -0.2) is 47.2 Å². The predicted octanol–water partition coefficient (Wildman–Crippen LogP) is 4.05. The molecular formula is C25H27NO6S. The van der Waals surface area contributed by atoms with Gasteiger partial charge in [-0.3, -0.25) is 4.90 Å². The Kier molecular flexibility index (Phi) is 7.17. The van der Waals surface area contributed by atoms with Crippen molar-refractivity contribution in [3.63, 3.8) is 0 Å². The second kappa shape index (κ2) is 10.2. The lowest BCUT2D eigenvalue weighted by Gasteiger charge is -2.33. The molecule has 1 atom stereocenters. The summed E-state index contributed by atoms with van der Waals surface area (Å²) >= 11 is 0. The third-order valence-electron chi connectivity index (χ3n) is 5.53. The Morgan fingerprint density at radius 2 is 1.67 bits per heavy atom. The van der Waals surface area contributed by atoms with Crippen LogP contribution in [0, 0.1) is 0 Å². The maximum atomic E-state index is 12.4. The highest BCUT2D eigenvalue weighted by Crippen LogP contribution is 2.29. The molecule has 1 saturated heterocycles. The highest BCUT2D eigenvalue weighted by atomic mass is 32.2.